The van der Waals surface area contributed by atoms with Crippen molar-refractivity contribution in [2.75, 3.05) is 45.8 Å². The van der Waals surface area contributed by atoms with Gasteiger partial charge in [0.05, 0.1) is 0 Å². The second-order valence-corrected chi connectivity index (χ2v) is 6.25. The van der Waals surface area contributed by atoms with Crippen LogP contribution >= 0.6 is 0 Å². The fourth-order valence-electron chi connectivity index (χ4n) is 2.83. The molecule has 3 heteroatoms. The van der Waals surface area contributed by atoms with Gasteiger partial charge >= 0.3 is 0 Å². The molecule has 0 aliphatic carbocycles. The zero-order chi connectivity index (χ0) is 13.9. The standard InChI is InChI=1S/C16H35N3/c1-3-4-5-6-7-8-9-18-10-12-19(13-11-18)15-16(2)14-17/h16H,3-15,17H2,1-2H3. The highest BCUT2D eigenvalue weighted by molar-refractivity contribution is 4.73. The van der Waals surface area contributed by atoms with Crippen molar-refractivity contribution in [2.45, 2.75) is 52.4 Å². The minimum Gasteiger partial charge on any atom is -0.330 e. The first-order chi connectivity index (χ1) is 9.26. The van der Waals surface area contributed by atoms with Gasteiger partial charge in [0.1, 0.15) is 0 Å². The van der Waals surface area contributed by atoms with Gasteiger partial charge < -0.3 is 15.5 Å². The van der Waals surface area contributed by atoms with Gasteiger partial charge in [0.2, 0.25) is 0 Å². The fraction of sp³-hybridized carbons (Fsp3) is 1.00. The molecule has 0 aromatic heterocycles. The van der Waals surface area contributed by atoms with Crippen LogP contribution in [0.2, 0.25) is 0 Å². The van der Waals surface area contributed by atoms with Crippen LogP contribution in [0.1, 0.15) is 52.4 Å². The monoisotopic (exact) mass is 269 g/mol. The van der Waals surface area contributed by atoms with Gasteiger partial charge in [0, 0.05) is 32.7 Å². The fourth-order valence-corrected chi connectivity index (χ4v) is 2.83. The van der Waals surface area contributed by atoms with E-state index in [0.29, 0.717) is 5.92 Å². The van der Waals surface area contributed by atoms with Gasteiger partial charge in [0.15, 0.2) is 0 Å². The molecule has 0 spiro atoms. The molecule has 2 N–H and O–H groups in total. The van der Waals surface area contributed by atoms with Gasteiger partial charge in [-0.05, 0) is 25.4 Å². The van der Waals surface area contributed by atoms with E-state index in [4.69, 9.17) is 5.73 Å². The van der Waals surface area contributed by atoms with E-state index in [1.54, 1.807) is 0 Å². The maximum Gasteiger partial charge on any atom is 0.0110 e. The second-order valence-electron chi connectivity index (χ2n) is 6.25. The van der Waals surface area contributed by atoms with Gasteiger partial charge in [0.25, 0.3) is 0 Å². The van der Waals surface area contributed by atoms with Crippen molar-refractivity contribution in [1.82, 2.24) is 9.80 Å². The van der Waals surface area contributed by atoms with Crippen molar-refractivity contribution in [3.63, 3.8) is 0 Å². The maximum absolute atomic E-state index is 5.70. The summed E-state index contributed by atoms with van der Waals surface area (Å²) in [5, 5.41) is 0. The zero-order valence-electron chi connectivity index (χ0n) is 13.2. The number of piperazine rings is 1. The van der Waals surface area contributed by atoms with Crippen LogP contribution in [0.3, 0.4) is 0 Å². The largest absolute Gasteiger partial charge is 0.330 e. The van der Waals surface area contributed by atoms with E-state index in [2.05, 4.69) is 23.6 Å². The van der Waals surface area contributed by atoms with Gasteiger partial charge in [-0.2, -0.15) is 0 Å². The van der Waals surface area contributed by atoms with Crippen molar-refractivity contribution in [2.24, 2.45) is 11.7 Å². The van der Waals surface area contributed by atoms with Gasteiger partial charge in [-0.15, -0.1) is 0 Å². The summed E-state index contributed by atoms with van der Waals surface area (Å²) in [7, 11) is 0. The van der Waals surface area contributed by atoms with E-state index in [1.807, 2.05) is 0 Å². The molecule has 0 radical (unpaired) electrons. The first-order valence-electron chi connectivity index (χ1n) is 8.41. The summed E-state index contributed by atoms with van der Waals surface area (Å²) in [5.74, 6) is 0.644. The van der Waals surface area contributed by atoms with E-state index in [1.165, 1.54) is 77.8 Å². The molecular formula is C16H35N3. The Labute approximate surface area is 120 Å². The normalized spacial score (nSPS) is 19.7. The van der Waals surface area contributed by atoms with Crippen molar-refractivity contribution in [3.05, 3.63) is 0 Å². The molecule has 1 aliphatic heterocycles. The summed E-state index contributed by atoms with van der Waals surface area (Å²) < 4.78 is 0. The number of unbranched alkanes of at least 4 members (excludes halogenated alkanes) is 5. The third-order valence-corrected chi connectivity index (χ3v) is 4.27. The quantitative estimate of drug-likeness (QED) is 0.619. The Morgan fingerprint density at radius 1 is 0.895 bits per heavy atom. The lowest BCUT2D eigenvalue weighted by molar-refractivity contribution is 0.119. The Morgan fingerprint density at radius 2 is 1.47 bits per heavy atom. The van der Waals surface area contributed by atoms with E-state index < -0.39 is 0 Å². The van der Waals surface area contributed by atoms with E-state index in [-0.39, 0.29) is 0 Å². The molecule has 114 valence electrons. The molecule has 1 fully saturated rings. The molecule has 1 saturated heterocycles. The molecule has 1 atom stereocenters. The van der Waals surface area contributed by atoms with Crippen LogP contribution in [0.25, 0.3) is 0 Å². The van der Waals surface area contributed by atoms with Crippen LogP contribution < -0.4 is 5.73 Å². The van der Waals surface area contributed by atoms with Crippen molar-refractivity contribution >= 4 is 0 Å². The average molecular weight is 269 g/mol. The summed E-state index contributed by atoms with van der Waals surface area (Å²) in [6.45, 7) is 12.8. The molecule has 0 aromatic rings. The number of nitrogens with two attached hydrogens (primary N) is 1. The lowest BCUT2D eigenvalue weighted by Gasteiger charge is -2.35. The molecule has 1 rings (SSSR count). The third kappa shape index (κ3) is 7.91. The van der Waals surface area contributed by atoms with Gasteiger partial charge in [-0.3, -0.25) is 0 Å². The highest BCUT2D eigenvalue weighted by atomic mass is 15.3. The molecular weight excluding hydrogens is 234 g/mol. The minimum atomic E-state index is 0.644. The first-order valence-corrected chi connectivity index (χ1v) is 8.41. The van der Waals surface area contributed by atoms with Crippen LogP contribution in [-0.4, -0.2) is 55.6 Å². The summed E-state index contributed by atoms with van der Waals surface area (Å²) in [5.41, 5.74) is 5.70. The number of hydrogen-bond donors (Lipinski definition) is 1. The summed E-state index contributed by atoms with van der Waals surface area (Å²) in [6, 6.07) is 0. The third-order valence-electron chi connectivity index (χ3n) is 4.27. The number of rotatable bonds is 10. The van der Waals surface area contributed by atoms with Crippen LogP contribution in [-0.2, 0) is 0 Å². The SMILES string of the molecule is CCCCCCCCN1CCN(CC(C)CN)CC1. The average Bonchev–Trinajstić information content (AvgIpc) is 2.44. The minimum absolute atomic E-state index is 0.644. The summed E-state index contributed by atoms with van der Waals surface area (Å²) >= 11 is 0. The Morgan fingerprint density at radius 3 is 2.11 bits per heavy atom. The Bertz CT molecular complexity index is 200. The number of nitrogens with zero attached hydrogens (tertiary/aromatic N) is 2. The molecule has 3 nitrogen and oxygen atoms in total. The van der Waals surface area contributed by atoms with Crippen LogP contribution in [0, 0.1) is 5.92 Å². The van der Waals surface area contributed by atoms with Gasteiger partial charge in [-0.1, -0.05) is 46.0 Å². The zero-order valence-corrected chi connectivity index (χ0v) is 13.2. The van der Waals surface area contributed by atoms with Crippen molar-refractivity contribution < 1.29 is 0 Å². The van der Waals surface area contributed by atoms with Crippen LogP contribution in [0.5, 0.6) is 0 Å². The molecule has 0 bridgehead atoms. The smallest absolute Gasteiger partial charge is 0.0110 e. The molecule has 1 unspecified atom stereocenters. The highest BCUT2D eigenvalue weighted by Gasteiger charge is 2.17. The van der Waals surface area contributed by atoms with Gasteiger partial charge in [-0.25, -0.2) is 0 Å². The molecule has 19 heavy (non-hydrogen) atoms. The molecule has 0 saturated carbocycles. The van der Waals surface area contributed by atoms with E-state index in [0.717, 1.165) is 6.54 Å². The lowest BCUT2D eigenvalue weighted by atomic mass is 10.1. The maximum atomic E-state index is 5.70. The van der Waals surface area contributed by atoms with Crippen molar-refractivity contribution in [1.29, 1.82) is 0 Å². The molecule has 0 amide bonds. The Kier molecular flexibility index (Phi) is 9.48. The summed E-state index contributed by atoms with van der Waals surface area (Å²) in [4.78, 5) is 5.22. The molecule has 0 aromatic carbocycles. The molecule has 1 heterocycles. The Hall–Kier alpha value is -0.120. The van der Waals surface area contributed by atoms with Crippen LogP contribution in [0.15, 0.2) is 0 Å². The first kappa shape index (κ1) is 16.9. The highest BCUT2D eigenvalue weighted by Crippen LogP contribution is 2.09. The Balaban J connectivity index is 1.97. The van der Waals surface area contributed by atoms with E-state index in [9.17, 15) is 0 Å². The summed E-state index contributed by atoms with van der Waals surface area (Å²) in [6.07, 6.45) is 8.44. The predicted octanol–water partition coefficient (Wildman–Crippen LogP) is 2.56. The van der Waals surface area contributed by atoms with Crippen molar-refractivity contribution in [3.8, 4) is 0 Å². The topological polar surface area (TPSA) is 32.5 Å². The second kappa shape index (κ2) is 10.6. The predicted molar refractivity (Wildman–Crippen MR) is 84.5 cm³/mol. The number of hydrogen-bond acceptors (Lipinski definition) is 3. The van der Waals surface area contributed by atoms with Crippen LogP contribution in [0.4, 0.5) is 0 Å². The molecule has 1 aliphatic rings. The van der Waals surface area contributed by atoms with E-state index >= 15 is 0 Å². The lowest BCUT2D eigenvalue weighted by Crippen LogP contribution is -2.48.